The maximum absolute atomic E-state index is 5.42. The van der Waals surface area contributed by atoms with Gasteiger partial charge in [-0.15, -0.1) is 0 Å². The molecule has 1 aromatic rings. The van der Waals surface area contributed by atoms with E-state index in [1.54, 1.807) is 0 Å². The van der Waals surface area contributed by atoms with Gasteiger partial charge in [-0.2, -0.15) is 4.98 Å². The Hall–Kier alpha value is -0.940. The molecule has 5 heteroatoms. The van der Waals surface area contributed by atoms with E-state index >= 15 is 0 Å². The largest absolute Gasteiger partial charge is 0.372 e. The topological polar surface area (TPSA) is 60.2 Å². The summed E-state index contributed by atoms with van der Waals surface area (Å²) in [5.41, 5.74) is 0. The summed E-state index contributed by atoms with van der Waals surface area (Å²) in [5, 5.41) is 7.10. The predicted molar refractivity (Wildman–Crippen MR) is 61.2 cm³/mol. The molecule has 0 saturated heterocycles. The lowest BCUT2D eigenvalue weighted by Gasteiger charge is -2.07. The van der Waals surface area contributed by atoms with Crippen molar-refractivity contribution < 1.29 is 9.26 Å². The average molecular weight is 227 g/mol. The number of rotatable bonds is 7. The molecular weight excluding hydrogens is 206 g/mol. The average Bonchev–Trinajstić information content (AvgIpc) is 2.65. The van der Waals surface area contributed by atoms with Gasteiger partial charge in [0.25, 0.3) is 0 Å². The van der Waals surface area contributed by atoms with Crippen molar-refractivity contribution in [1.29, 1.82) is 0 Å². The van der Waals surface area contributed by atoms with E-state index in [9.17, 15) is 0 Å². The molecule has 0 saturated carbocycles. The van der Waals surface area contributed by atoms with Crippen molar-refractivity contribution in [2.24, 2.45) is 0 Å². The van der Waals surface area contributed by atoms with Crippen LogP contribution in [-0.2, 0) is 11.3 Å². The summed E-state index contributed by atoms with van der Waals surface area (Å²) >= 11 is 0. The summed E-state index contributed by atoms with van der Waals surface area (Å²) < 4.78 is 10.5. The minimum absolute atomic E-state index is 0.267. The van der Waals surface area contributed by atoms with E-state index in [0.717, 1.165) is 6.54 Å². The minimum Gasteiger partial charge on any atom is -0.372 e. The highest BCUT2D eigenvalue weighted by molar-refractivity contribution is 4.89. The highest BCUT2D eigenvalue weighted by atomic mass is 16.5. The molecule has 1 N–H and O–H groups in total. The van der Waals surface area contributed by atoms with Crippen LogP contribution in [0.25, 0.3) is 0 Å². The van der Waals surface area contributed by atoms with Gasteiger partial charge in [0.05, 0.1) is 6.61 Å². The molecule has 0 aromatic carbocycles. The van der Waals surface area contributed by atoms with Gasteiger partial charge in [-0.1, -0.05) is 32.9 Å². The van der Waals surface area contributed by atoms with E-state index in [4.69, 9.17) is 9.26 Å². The van der Waals surface area contributed by atoms with Gasteiger partial charge in [0.15, 0.2) is 5.82 Å². The van der Waals surface area contributed by atoms with Crippen molar-refractivity contribution in [1.82, 2.24) is 15.5 Å². The van der Waals surface area contributed by atoms with Crippen LogP contribution in [0.3, 0.4) is 0 Å². The Morgan fingerprint density at radius 2 is 2.06 bits per heavy atom. The van der Waals surface area contributed by atoms with E-state index < -0.39 is 0 Å². The van der Waals surface area contributed by atoms with Gasteiger partial charge >= 0.3 is 0 Å². The van der Waals surface area contributed by atoms with Gasteiger partial charge < -0.3 is 14.6 Å². The van der Waals surface area contributed by atoms with E-state index in [1.165, 1.54) is 0 Å². The van der Waals surface area contributed by atoms with Crippen molar-refractivity contribution in [2.45, 2.75) is 46.3 Å². The first-order chi connectivity index (χ1) is 7.59. The van der Waals surface area contributed by atoms with Crippen LogP contribution >= 0.6 is 0 Å². The fourth-order valence-corrected chi connectivity index (χ4v) is 1.14. The number of ether oxygens (including phenoxy) is 1. The Bertz CT molecular complexity index is 297. The molecule has 1 heterocycles. The van der Waals surface area contributed by atoms with E-state index in [1.807, 2.05) is 13.8 Å². The molecular formula is C11H21N3O2. The second-order valence-electron chi connectivity index (χ2n) is 4.36. The molecule has 1 aromatic heterocycles. The highest BCUT2D eigenvalue weighted by Gasteiger charge is 2.09. The predicted octanol–water partition coefficient (Wildman–Crippen LogP) is 1.71. The molecule has 0 aliphatic heterocycles. The van der Waals surface area contributed by atoms with Crippen LogP contribution in [0.4, 0.5) is 0 Å². The molecule has 0 atom stereocenters. The summed E-state index contributed by atoms with van der Waals surface area (Å²) in [4.78, 5) is 4.22. The zero-order valence-electron chi connectivity index (χ0n) is 10.5. The van der Waals surface area contributed by atoms with Crippen LogP contribution < -0.4 is 5.32 Å². The second kappa shape index (κ2) is 6.60. The first-order valence-electron chi connectivity index (χ1n) is 5.73. The summed E-state index contributed by atoms with van der Waals surface area (Å²) in [5.74, 6) is 1.55. The van der Waals surface area contributed by atoms with Crippen molar-refractivity contribution in [3.05, 3.63) is 11.7 Å². The maximum Gasteiger partial charge on any atom is 0.229 e. The summed E-state index contributed by atoms with van der Waals surface area (Å²) in [6.07, 6.45) is 0. The summed E-state index contributed by atoms with van der Waals surface area (Å²) in [6, 6.07) is 0.487. The zero-order chi connectivity index (χ0) is 12.0. The number of hydrogen-bond donors (Lipinski definition) is 1. The molecule has 0 aliphatic rings. The van der Waals surface area contributed by atoms with Gasteiger partial charge in [-0.25, -0.2) is 0 Å². The van der Waals surface area contributed by atoms with Gasteiger partial charge in [0, 0.05) is 18.5 Å². The van der Waals surface area contributed by atoms with Gasteiger partial charge in [0.1, 0.15) is 6.61 Å². The van der Waals surface area contributed by atoms with Crippen LogP contribution in [0.2, 0.25) is 0 Å². The van der Waals surface area contributed by atoms with Crippen LogP contribution in [0.5, 0.6) is 0 Å². The number of aromatic nitrogens is 2. The van der Waals surface area contributed by atoms with Crippen molar-refractivity contribution in [2.75, 3.05) is 13.2 Å². The standard InChI is InChI=1S/C11H21N3O2/c1-8(2)11-13-10(14-16-11)7-15-6-5-12-9(3)4/h8-9,12H,5-7H2,1-4H3. The SMILES string of the molecule is CC(C)NCCOCc1noc(C(C)C)n1. The molecule has 0 unspecified atom stereocenters. The molecule has 0 bridgehead atoms. The van der Waals surface area contributed by atoms with Crippen LogP contribution in [0.15, 0.2) is 4.52 Å². The zero-order valence-corrected chi connectivity index (χ0v) is 10.5. The molecule has 16 heavy (non-hydrogen) atoms. The Balaban J connectivity index is 2.17. The summed E-state index contributed by atoms with van der Waals surface area (Å²) in [6.45, 7) is 10.2. The van der Waals surface area contributed by atoms with Gasteiger partial charge in [0.2, 0.25) is 5.89 Å². The Labute approximate surface area is 96.6 Å². The molecule has 0 spiro atoms. The van der Waals surface area contributed by atoms with Crippen molar-refractivity contribution in [3.8, 4) is 0 Å². The highest BCUT2D eigenvalue weighted by Crippen LogP contribution is 2.10. The lowest BCUT2D eigenvalue weighted by molar-refractivity contribution is 0.114. The van der Waals surface area contributed by atoms with E-state index in [0.29, 0.717) is 31.0 Å². The lowest BCUT2D eigenvalue weighted by Crippen LogP contribution is -2.26. The molecule has 1 rings (SSSR count). The molecule has 0 amide bonds. The third kappa shape index (κ3) is 4.72. The van der Waals surface area contributed by atoms with Crippen LogP contribution in [0.1, 0.15) is 45.3 Å². The minimum atomic E-state index is 0.267. The molecule has 0 aliphatic carbocycles. The first kappa shape index (κ1) is 13.1. The number of nitrogens with zero attached hydrogens (tertiary/aromatic N) is 2. The monoisotopic (exact) mass is 227 g/mol. The number of nitrogens with one attached hydrogen (secondary N) is 1. The number of hydrogen-bond acceptors (Lipinski definition) is 5. The Morgan fingerprint density at radius 1 is 1.31 bits per heavy atom. The first-order valence-corrected chi connectivity index (χ1v) is 5.73. The molecule has 92 valence electrons. The fraction of sp³-hybridized carbons (Fsp3) is 0.818. The normalized spacial score (nSPS) is 11.6. The van der Waals surface area contributed by atoms with Crippen LogP contribution in [-0.4, -0.2) is 29.3 Å². The second-order valence-corrected chi connectivity index (χ2v) is 4.36. The van der Waals surface area contributed by atoms with Gasteiger partial charge in [-0.3, -0.25) is 0 Å². The molecule has 0 radical (unpaired) electrons. The van der Waals surface area contributed by atoms with Crippen LogP contribution in [0, 0.1) is 0 Å². The maximum atomic E-state index is 5.42. The third-order valence-electron chi connectivity index (χ3n) is 2.01. The smallest absolute Gasteiger partial charge is 0.229 e. The fourth-order valence-electron chi connectivity index (χ4n) is 1.14. The Kier molecular flexibility index (Phi) is 5.42. The third-order valence-corrected chi connectivity index (χ3v) is 2.01. The Morgan fingerprint density at radius 3 is 2.62 bits per heavy atom. The lowest BCUT2D eigenvalue weighted by atomic mass is 10.2. The quantitative estimate of drug-likeness (QED) is 0.718. The van der Waals surface area contributed by atoms with Crippen molar-refractivity contribution >= 4 is 0 Å². The molecule has 0 fully saturated rings. The van der Waals surface area contributed by atoms with Gasteiger partial charge in [-0.05, 0) is 0 Å². The van der Waals surface area contributed by atoms with Crippen molar-refractivity contribution in [3.63, 3.8) is 0 Å². The van der Waals surface area contributed by atoms with E-state index in [2.05, 4.69) is 29.3 Å². The molecule has 5 nitrogen and oxygen atoms in total. The summed E-state index contributed by atoms with van der Waals surface area (Å²) in [7, 11) is 0. The van der Waals surface area contributed by atoms with E-state index in [-0.39, 0.29) is 5.92 Å².